The van der Waals surface area contributed by atoms with E-state index in [1.165, 1.54) is 0 Å². The zero-order valence-corrected chi connectivity index (χ0v) is 10.8. The number of aryl methyl sites for hydroxylation is 1. The van der Waals surface area contributed by atoms with Gasteiger partial charge in [-0.15, -0.1) is 10.2 Å². The second-order valence-electron chi connectivity index (χ2n) is 3.59. The molecular weight excluding hydrogens is 268 g/mol. The Hall–Kier alpha value is -1.36. The minimum Gasteiger partial charge on any atom is -0.378 e. The van der Waals surface area contributed by atoms with Crippen molar-refractivity contribution < 1.29 is 0 Å². The van der Waals surface area contributed by atoms with Gasteiger partial charge in [-0.2, -0.15) is 0 Å². The summed E-state index contributed by atoms with van der Waals surface area (Å²) in [6.07, 6.45) is 0. The molecule has 0 radical (unpaired) electrons. The van der Waals surface area contributed by atoms with Crippen LogP contribution in [0.4, 0.5) is 5.69 Å². The summed E-state index contributed by atoms with van der Waals surface area (Å²) >= 11 is 3.43. The lowest BCUT2D eigenvalue weighted by molar-refractivity contribution is 0.789. The van der Waals surface area contributed by atoms with Crippen LogP contribution in [0.3, 0.4) is 0 Å². The Labute approximate surface area is 103 Å². The van der Waals surface area contributed by atoms with Crippen molar-refractivity contribution in [1.29, 1.82) is 0 Å². The molecular formula is C11H13BrN4. The van der Waals surface area contributed by atoms with E-state index >= 15 is 0 Å². The Bertz CT molecular complexity index is 492. The van der Waals surface area contributed by atoms with Gasteiger partial charge in [-0.3, -0.25) is 0 Å². The summed E-state index contributed by atoms with van der Waals surface area (Å²) < 4.78 is 3.04. The summed E-state index contributed by atoms with van der Waals surface area (Å²) in [6, 6.07) is 8.04. The van der Waals surface area contributed by atoms with E-state index in [0.29, 0.717) is 6.54 Å². The number of hydrogen-bond acceptors (Lipinski definition) is 3. The quantitative estimate of drug-likeness (QED) is 0.940. The molecule has 2 aromatic rings. The molecule has 0 fully saturated rings. The molecule has 1 aromatic carbocycles. The van der Waals surface area contributed by atoms with Crippen LogP contribution < -0.4 is 5.32 Å². The highest BCUT2D eigenvalue weighted by Crippen LogP contribution is 2.16. The molecule has 0 amide bonds. The van der Waals surface area contributed by atoms with Gasteiger partial charge in [0.15, 0.2) is 5.82 Å². The highest BCUT2D eigenvalue weighted by molar-refractivity contribution is 9.10. The molecule has 4 nitrogen and oxygen atoms in total. The lowest BCUT2D eigenvalue weighted by Gasteiger charge is -2.06. The number of nitrogens with zero attached hydrogens (tertiary/aromatic N) is 3. The minimum atomic E-state index is 0.674. The van der Waals surface area contributed by atoms with E-state index < -0.39 is 0 Å². The van der Waals surface area contributed by atoms with Gasteiger partial charge in [0.1, 0.15) is 5.82 Å². The topological polar surface area (TPSA) is 42.7 Å². The third kappa shape index (κ3) is 2.41. The van der Waals surface area contributed by atoms with E-state index in [0.717, 1.165) is 21.8 Å². The van der Waals surface area contributed by atoms with Crippen molar-refractivity contribution in [2.75, 3.05) is 5.32 Å². The van der Waals surface area contributed by atoms with Crippen molar-refractivity contribution in [2.45, 2.75) is 13.5 Å². The maximum absolute atomic E-state index is 4.09. The fourth-order valence-corrected chi connectivity index (χ4v) is 1.78. The summed E-state index contributed by atoms with van der Waals surface area (Å²) in [7, 11) is 1.97. The highest BCUT2D eigenvalue weighted by atomic mass is 79.9. The average Bonchev–Trinajstić information content (AvgIpc) is 2.57. The van der Waals surface area contributed by atoms with Crippen molar-refractivity contribution >= 4 is 21.6 Å². The van der Waals surface area contributed by atoms with E-state index in [1.807, 2.05) is 42.8 Å². The van der Waals surface area contributed by atoms with Gasteiger partial charge in [0, 0.05) is 17.2 Å². The Morgan fingerprint density at radius 2 is 2.19 bits per heavy atom. The lowest BCUT2D eigenvalue weighted by atomic mass is 10.3. The number of halogens is 1. The molecule has 16 heavy (non-hydrogen) atoms. The maximum atomic E-state index is 4.09. The summed E-state index contributed by atoms with van der Waals surface area (Å²) in [5.74, 6) is 1.85. The van der Waals surface area contributed by atoms with E-state index in [-0.39, 0.29) is 0 Å². The first-order chi connectivity index (χ1) is 7.66. The summed E-state index contributed by atoms with van der Waals surface area (Å²) in [5.41, 5.74) is 1.06. The number of aromatic nitrogens is 3. The monoisotopic (exact) mass is 280 g/mol. The lowest BCUT2D eigenvalue weighted by Crippen LogP contribution is -2.06. The second kappa shape index (κ2) is 4.65. The third-order valence-corrected chi connectivity index (χ3v) is 2.95. The second-order valence-corrected chi connectivity index (χ2v) is 4.50. The standard InChI is InChI=1S/C11H13BrN4/c1-8-14-15-11(16(8)2)7-13-10-5-3-4-9(12)6-10/h3-6,13H,7H2,1-2H3. The molecule has 0 aliphatic carbocycles. The van der Waals surface area contributed by atoms with Crippen LogP contribution in [0.5, 0.6) is 0 Å². The molecule has 0 spiro atoms. The van der Waals surface area contributed by atoms with E-state index in [2.05, 4.69) is 31.4 Å². The van der Waals surface area contributed by atoms with Crippen molar-refractivity contribution in [3.63, 3.8) is 0 Å². The van der Waals surface area contributed by atoms with Crippen LogP contribution in [-0.2, 0) is 13.6 Å². The van der Waals surface area contributed by atoms with Gasteiger partial charge in [0.25, 0.3) is 0 Å². The summed E-state index contributed by atoms with van der Waals surface area (Å²) in [5, 5.41) is 11.4. The summed E-state index contributed by atoms with van der Waals surface area (Å²) in [6.45, 7) is 2.61. The third-order valence-electron chi connectivity index (χ3n) is 2.46. The van der Waals surface area contributed by atoms with Crippen LogP contribution in [-0.4, -0.2) is 14.8 Å². The van der Waals surface area contributed by atoms with Crippen LogP contribution in [0.25, 0.3) is 0 Å². The Morgan fingerprint density at radius 1 is 1.38 bits per heavy atom. The molecule has 0 aliphatic heterocycles. The predicted octanol–water partition coefficient (Wildman–Crippen LogP) is 2.50. The fourth-order valence-electron chi connectivity index (χ4n) is 1.38. The Kier molecular flexibility index (Phi) is 3.24. The van der Waals surface area contributed by atoms with E-state index in [9.17, 15) is 0 Å². The smallest absolute Gasteiger partial charge is 0.152 e. The molecule has 84 valence electrons. The Morgan fingerprint density at radius 3 is 2.81 bits per heavy atom. The molecule has 0 atom stereocenters. The van der Waals surface area contributed by atoms with Gasteiger partial charge in [-0.25, -0.2) is 0 Å². The van der Waals surface area contributed by atoms with Gasteiger partial charge in [-0.1, -0.05) is 22.0 Å². The van der Waals surface area contributed by atoms with Crippen LogP contribution in [0.2, 0.25) is 0 Å². The first-order valence-corrected chi connectivity index (χ1v) is 5.80. The van der Waals surface area contributed by atoms with Crippen LogP contribution >= 0.6 is 15.9 Å². The molecule has 0 bridgehead atoms. The van der Waals surface area contributed by atoms with Gasteiger partial charge >= 0.3 is 0 Å². The van der Waals surface area contributed by atoms with Crippen LogP contribution in [0, 0.1) is 6.92 Å². The molecule has 0 aliphatic rings. The van der Waals surface area contributed by atoms with Gasteiger partial charge in [-0.05, 0) is 25.1 Å². The molecule has 2 rings (SSSR count). The van der Waals surface area contributed by atoms with Crippen LogP contribution in [0.1, 0.15) is 11.6 Å². The minimum absolute atomic E-state index is 0.674. The zero-order valence-electron chi connectivity index (χ0n) is 9.24. The number of rotatable bonds is 3. The first kappa shape index (κ1) is 11.1. The van der Waals surface area contributed by atoms with Gasteiger partial charge in [0.05, 0.1) is 6.54 Å². The van der Waals surface area contributed by atoms with E-state index in [1.54, 1.807) is 0 Å². The molecule has 5 heteroatoms. The molecule has 0 saturated carbocycles. The van der Waals surface area contributed by atoms with Crippen molar-refractivity contribution in [3.05, 3.63) is 40.4 Å². The molecule has 1 heterocycles. The number of anilines is 1. The molecule has 0 unspecified atom stereocenters. The molecule has 0 saturated heterocycles. The van der Waals surface area contributed by atoms with Crippen molar-refractivity contribution in [3.8, 4) is 0 Å². The number of benzene rings is 1. The van der Waals surface area contributed by atoms with Gasteiger partial charge < -0.3 is 9.88 Å². The molecule has 1 aromatic heterocycles. The predicted molar refractivity (Wildman–Crippen MR) is 67.2 cm³/mol. The number of nitrogens with one attached hydrogen (secondary N) is 1. The fraction of sp³-hybridized carbons (Fsp3) is 0.273. The average molecular weight is 281 g/mol. The summed E-state index contributed by atoms with van der Waals surface area (Å²) in [4.78, 5) is 0. The first-order valence-electron chi connectivity index (χ1n) is 5.01. The van der Waals surface area contributed by atoms with E-state index in [4.69, 9.17) is 0 Å². The molecule has 1 N–H and O–H groups in total. The zero-order chi connectivity index (χ0) is 11.5. The maximum Gasteiger partial charge on any atom is 0.152 e. The normalized spacial score (nSPS) is 10.4. The van der Waals surface area contributed by atoms with Crippen LogP contribution in [0.15, 0.2) is 28.7 Å². The number of hydrogen-bond donors (Lipinski definition) is 1. The SMILES string of the molecule is Cc1nnc(CNc2cccc(Br)c2)n1C. The highest BCUT2D eigenvalue weighted by Gasteiger charge is 2.03. The van der Waals surface area contributed by atoms with Gasteiger partial charge in [0.2, 0.25) is 0 Å². The Balaban J connectivity index is 2.05. The van der Waals surface area contributed by atoms with Crippen molar-refractivity contribution in [2.24, 2.45) is 7.05 Å². The largest absolute Gasteiger partial charge is 0.378 e. The van der Waals surface area contributed by atoms with Crippen molar-refractivity contribution in [1.82, 2.24) is 14.8 Å².